The number of carbonyl (C=O) groups is 1. The van der Waals surface area contributed by atoms with Gasteiger partial charge in [-0.15, -0.1) is 0 Å². The van der Waals surface area contributed by atoms with Crippen molar-refractivity contribution in [2.24, 2.45) is 5.10 Å². The third kappa shape index (κ3) is 5.20. The Kier molecular flexibility index (Phi) is 6.61. The summed E-state index contributed by atoms with van der Waals surface area (Å²) in [6, 6.07) is 10.5. The number of aromatic nitrogens is 2. The number of phenols is 1. The van der Waals surface area contributed by atoms with E-state index in [0.717, 1.165) is 0 Å². The SMILES string of the molecule is CCOc1cc(/C=N\NC(=O)CCc2nc3ccccc3[nH]c2=O)cc(Br)c1O. The summed E-state index contributed by atoms with van der Waals surface area (Å²) in [5.41, 5.74) is 4.36. The lowest BCUT2D eigenvalue weighted by molar-refractivity contribution is -0.121. The Morgan fingerprint density at radius 1 is 1.38 bits per heavy atom. The van der Waals surface area contributed by atoms with Gasteiger partial charge in [0.1, 0.15) is 5.69 Å². The first-order chi connectivity index (χ1) is 14.0. The molecule has 1 aromatic heterocycles. The van der Waals surface area contributed by atoms with Crippen molar-refractivity contribution in [3.63, 3.8) is 0 Å². The second-order valence-electron chi connectivity index (χ2n) is 6.11. The molecule has 0 aliphatic rings. The number of hydrogen-bond donors (Lipinski definition) is 3. The van der Waals surface area contributed by atoms with E-state index in [1.54, 1.807) is 24.3 Å². The molecule has 0 aliphatic carbocycles. The number of fused-ring (bicyclic) bond motifs is 1. The first-order valence-corrected chi connectivity index (χ1v) is 9.72. The molecule has 3 N–H and O–H groups in total. The highest BCUT2D eigenvalue weighted by atomic mass is 79.9. The van der Waals surface area contributed by atoms with Gasteiger partial charge >= 0.3 is 0 Å². The Hall–Kier alpha value is -3.20. The van der Waals surface area contributed by atoms with Gasteiger partial charge < -0.3 is 14.8 Å². The van der Waals surface area contributed by atoms with Gasteiger partial charge in [-0.3, -0.25) is 9.59 Å². The van der Waals surface area contributed by atoms with Gasteiger partial charge in [-0.05, 0) is 52.7 Å². The third-order valence-electron chi connectivity index (χ3n) is 4.01. The molecular weight excluding hydrogens is 440 g/mol. The first-order valence-electron chi connectivity index (χ1n) is 8.93. The quantitative estimate of drug-likeness (QED) is 0.371. The number of ether oxygens (including phenoxy) is 1. The molecule has 0 saturated heterocycles. The van der Waals surface area contributed by atoms with E-state index in [1.165, 1.54) is 6.21 Å². The molecule has 0 atom stereocenters. The van der Waals surface area contributed by atoms with Crippen LogP contribution in [-0.4, -0.2) is 33.8 Å². The highest BCUT2D eigenvalue weighted by molar-refractivity contribution is 9.10. The molecule has 1 heterocycles. The number of phenolic OH excluding ortho intramolecular Hbond substituents is 1. The van der Waals surface area contributed by atoms with Gasteiger partial charge in [-0.25, -0.2) is 10.4 Å². The molecule has 3 rings (SSSR count). The Balaban J connectivity index is 1.60. The summed E-state index contributed by atoms with van der Waals surface area (Å²) in [5.74, 6) is -0.0316. The number of benzene rings is 2. The Labute approximate surface area is 174 Å². The third-order valence-corrected chi connectivity index (χ3v) is 4.62. The number of aromatic hydroxyl groups is 1. The predicted octanol–water partition coefficient (Wildman–Crippen LogP) is 2.87. The van der Waals surface area contributed by atoms with Crippen LogP contribution >= 0.6 is 15.9 Å². The number of carbonyl (C=O) groups excluding carboxylic acids is 1. The monoisotopic (exact) mass is 458 g/mol. The molecule has 0 bridgehead atoms. The minimum absolute atomic E-state index is 0.00106. The highest BCUT2D eigenvalue weighted by Crippen LogP contribution is 2.35. The maximum Gasteiger partial charge on any atom is 0.270 e. The van der Waals surface area contributed by atoms with E-state index in [4.69, 9.17) is 4.74 Å². The standard InChI is InChI=1S/C20H19BrN4O4/c1-2-29-17-10-12(9-13(21)19(17)27)11-22-25-18(26)8-7-16-20(28)24-15-6-4-3-5-14(15)23-16/h3-6,9-11,27H,2,7-8H2,1H3,(H,24,28)(H,25,26)/b22-11-. The summed E-state index contributed by atoms with van der Waals surface area (Å²) in [4.78, 5) is 31.2. The molecule has 0 radical (unpaired) electrons. The van der Waals surface area contributed by atoms with Crippen LogP contribution in [0.2, 0.25) is 0 Å². The zero-order chi connectivity index (χ0) is 20.8. The van der Waals surface area contributed by atoms with Crippen LogP contribution in [-0.2, 0) is 11.2 Å². The minimum atomic E-state index is -0.349. The number of amides is 1. The van der Waals surface area contributed by atoms with Gasteiger partial charge in [0, 0.05) is 12.8 Å². The smallest absolute Gasteiger partial charge is 0.270 e. The van der Waals surface area contributed by atoms with Gasteiger partial charge in [0.25, 0.3) is 5.56 Å². The van der Waals surface area contributed by atoms with Gasteiger partial charge in [-0.1, -0.05) is 12.1 Å². The largest absolute Gasteiger partial charge is 0.503 e. The van der Waals surface area contributed by atoms with Crippen LogP contribution in [0.1, 0.15) is 24.6 Å². The van der Waals surface area contributed by atoms with E-state index < -0.39 is 0 Å². The molecule has 29 heavy (non-hydrogen) atoms. The highest BCUT2D eigenvalue weighted by Gasteiger charge is 2.09. The number of aryl methyl sites for hydroxylation is 1. The number of rotatable bonds is 7. The average Bonchev–Trinajstić information content (AvgIpc) is 2.70. The van der Waals surface area contributed by atoms with Crippen molar-refractivity contribution in [3.8, 4) is 11.5 Å². The van der Waals surface area contributed by atoms with Gasteiger partial charge in [-0.2, -0.15) is 5.10 Å². The first kappa shape index (κ1) is 20.5. The summed E-state index contributed by atoms with van der Waals surface area (Å²) in [6.45, 7) is 2.21. The Bertz CT molecular complexity index is 1130. The summed E-state index contributed by atoms with van der Waals surface area (Å²) in [6.07, 6.45) is 1.70. The fraction of sp³-hybridized carbons (Fsp3) is 0.200. The second kappa shape index (κ2) is 9.33. The van der Waals surface area contributed by atoms with Crippen molar-refractivity contribution in [3.05, 3.63) is 62.5 Å². The summed E-state index contributed by atoms with van der Waals surface area (Å²) < 4.78 is 5.80. The number of aromatic amines is 1. The van der Waals surface area contributed by atoms with Crippen LogP contribution in [0.15, 0.2) is 50.8 Å². The predicted molar refractivity (Wildman–Crippen MR) is 113 cm³/mol. The molecule has 150 valence electrons. The number of halogens is 1. The van der Waals surface area contributed by atoms with Crippen molar-refractivity contribution in [2.45, 2.75) is 19.8 Å². The molecule has 0 unspecified atom stereocenters. The van der Waals surface area contributed by atoms with E-state index in [1.807, 2.05) is 19.1 Å². The maximum absolute atomic E-state index is 12.1. The van der Waals surface area contributed by atoms with Crippen LogP contribution < -0.4 is 15.7 Å². The van der Waals surface area contributed by atoms with Gasteiger partial charge in [0.2, 0.25) is 5.91 Å². The number of hydrazone groups is 1. The van der Waals surface area contributed by atoms with Crippen molar-refractivity contribution >= 4 is 39.1 Å². The topological polar surface area (TPSA) is 117 Å². The van der Waals surface area contributed by atoms with Crippen LogP contribution in [0.4, 0.5) is 0 Å². The van der Waals surface area contributed by atoms with Crippen LogP contribution in [0.3, 0.4) is 0 Å². The number of H-pyrrole nitrogens is 1. The van der Waals surface area contributed by atoms with Crippen molar-refractivity contribution in [1.82, 2.24) is 15.4 Å². The fourth-order valence-electron chi connectivity index (χ4n) is 2.64. The lowest BCUT2D eigenvalue weighted by Crippen LogP contribution is -2.21. The van der Waals surface area contributed by atoms with Crippen LogP contribution in [0.5, 0.6) is 11.5 Å². The zero-order valence-corrected chi connectivity index (χ0v) is 17.2. The van der Waals surface area contributed by atoms with E-state index in [9.17, 15) is 14.7 Å². The van der Waals surface area contributed by atoms with Crippen molar-refractivity contribution in [1.29, 1.82) is 0 Å². The Morgan fingerprint density at radius 2 is 2.17 bits per heavy atom. The van der Waals surface area contributed by atoms with E-state index in [-0.39, 0.29) is 30.1 Å². The Morgan fingerprint density at radius 3 is 2.97 bits per heavy atom. The van der Waals surface area contributed by atoms with Crippen LogP contribution in [0.25, 0.3) is 11.0 Å². The van der Waals surface area contributed by atoms with E-state index in [2.05, 4.69) is 36.4 Å². The number of hydrogen-bond acceptors (Lipinski definition) is 6. The minimum Gasteiger partial charge on any atom is -0.503 e. The average molecular weight is 459 g/mol. The molecule has 0 spiro atoms. The van der Waals surface area contributed by atoms with Crippen molar-refractivity contribution in [2.75, 3.05) is 6.61 Å². The molecule has 0 fully saturated rings. The molecule has 0 aliphatic heterocycles. The molecule has 8 nitrogen and oxygen atoms in total. The normalized spacial score (nSPS) is 11.1. The lowest BCUT2D eigenvalue weighted by atomic mass is 10.2. The van der Waals surface area contributed by atoms with Gasteiger partial charge in [0.15, 0.2) is 11.5 Å². The summed E-state index contributed by atoms with van der Waals surface area (Å²) in [5, 5.41) is 13.8. The zero-order valence-electron chi connectivity index (χ0n) is 15.6. The van der Waals surface area contributed by atoms with Crippen molar-refractivity contribution < 1.29 is 14.6 Å². The molecule has 9 heteroatoms. The lowest BCUT2D eigenvalue weighted by Gasteiger charge is -2.08. The maximum atomic E-state index is 12.1. The number of nitrogens with one attached hydrogen (secondary N) is 2. The molecule has 2 aromatic carbocycles. The van der Waals surface area contributed by atoms with E-state index in [0.29, 0.717) is 39.1 Å². The fourth-order valence-corrected chi connectivity index (χ4v) is 3.10. The van der Waals surface area contributed by atoms with Crippen LogP contribution in [0, 0.1) is 0 Å². The molecule has 1 amide bonds. The summed E-state index contributed by atoms with van der Waals surface area (Å²) >= 11 is 3.24. The number of para-hydroxylation sites is 2. The van der Waals surface area contributed by atoms with Gasteiger partial charge in [0.05, 0.1) is 28.3 Å². The molecular formula is C20H19BrN4O4. The second-order valence-corrected chi connectivity index (χ2v) is 6.96. The van der Waals surface area contributed by atoms with E-state index >= 15 is 0 Å². The summed E-state index contributed by atoms with van der Waals surface area (Å²) in [7, 11) is 0. The number of nitrogens with zero attached hydrogens (tertiary/aromatic N) is 2. The molecule has 0 saturated carbocycles. The molecule has 3 aromatic rings.